The van der Waals surface area contributed by atoms with E-state index in [1.165, 1.54) is 12.1 Å². The Morgan fingerprint density at radius 2 is 1.93 bits per heavy atom. The molecule has 0 spiro atoms. The number of halogens is 1. The molecule has 2 aromatic carbocycles. The Balaban J connectivity index is 1.48. The Morgan fingerprint density at radius 1 is 1.11 bits per heavy atom. The number of rotatable bonds is 5. The molecule has 28 heavy (non-hydrogen) atoms. The molecule has 1 aromatic heterocycles. The summed E-state index contributed by atoms with van der Waals surface area (Å²) in [4.78, 5) is 21.0. The third-order valence-corrected chi connectivity index (χ3v) is 4.12. The fourth-order valence-corrected chi connectivity index (χ4v) is 2.77. The highest BCUT2D eigenvalue weighted by Crippen LogP contribution is 2.34. The van der Waals surface area contributed by atoms with Crippen molar-refractivity contribution in [1.29, 1.82) is 0 Å². The van der Waals surface area contributed by atoms with E-state index >= 15 is 0 Å². The molecule has 2 heterocycles. The number of ether oxygens (including phenoxy) is 2. The minimum Gasteiger partial charge on any atom is -0.454 e. The monoisotopic (exact) mass is 380 g/mol. The fourth-order valence-electron chi connectivity index (χ4n) is 2.77. The van der Waals surface area contributed by atoms with Gasteiger partial charge >= 0.3 is 0 Å². The molecule has 8 heteroatoms. The van der Waals surface area contributed by atoms with Crippen LogP contribution in [-0.2, 0) is 6.54 Å². The number of carbonyl (C=O) groups excluding carboxylic acids is 1. The lowest BCUT2D eigenvalue weighted by molar-refractivity contribution is 0.102. The number of nitrogens with one attached hydrogen (secondary N) is 2. The average molecular weight is 380 g/mol. The van der Waals surface area contributed by atoms with Gasteiger partial charge in [0.25, 0.3) is 5.91 Å². The van der Waals surface area contributed by atoms with Crippen molar-refractivity contribution < 1.29 is 18.7 Å². The number of hydrogen-bond acceptors (Lipinski definition) is 6. The van der Waals surface area contributed by atoms with E-state index in [0.717, 1.165) is 0 Å². The minimum atomic E-state index is -0.390. The Labute approximate surface area is 160 Å². The lowest BCUT2D eigenvalue weighted by atomic mass is 10.2. The van der Waals surface area contributed by atoms with Gasteiger partial charge in [0.1, 0.15) is 23.2 Å². The van der Waals surface area contributed by atoms with Crippen molar-refractivity contribution in [1.82, 2.24) is 9.97 Å². The molecular formula is C20H17FN4O3. The van der Waals surface area contributed by atoms with E-state index in [4.69, 9.17) is 9.47 Å². The number of aryl methyl sites for hydroxylation is 1. The summed E-state index contributed by atoms with van der Waals surface area (Å²) in [5.74, 6) is 1.38. The van der Waals surface area contributed by atoms with Gasteiger partial charge in [-0.3, -0.25) is 4.79 Å². The summed E-state index contributed by atoms with van der Waals surface area (Å²) in [5, 5.41) is 5.80. The third kappa shape index (κ3) is 3.85. The van der Waals surface area contributed by atoms with Crippen molar-refractivity contribution in [3.05, 3.63) is 71.4 Å². The van der Waals surface area contributed by atoms with Gasteiger partial charge in [0, 0.05) is 29.9 Å². The van der Waals surface area contributed by atoms with Crippen molar-refractivity contribution in [2.75, 3.05) is 17.4 Å². The maximum absolute atomic E-state index is 13.8. The molecule has 7 nitrogen and oxygen atoms in total. The summed E-state index contributed by atoms with van der Waals surface area (Å²) in [6.07, 6.45) is 0. The van der Waals surface area contributed by atoms with Gasteiger partial charge in [0.05, 0.1) is 0 Å². The molecule has 142 valence electrons. The largest absolute Gasteiger partial charge is 0.454 e. The van der Waals surface area contributed by atoms with E-state index in [2.05, 4.69) is 20.6 Å². The van der Waals surface area contributed by atoms with Gasteiger partial charge in [-0.1, -0.05) is 18.2 Å². The van der Waals surface area contributed by atoms with Crippen LogP contribution in [0, 0.1) is 12.7 Å². The lowest BCUT2D eigenvalue weighted by Gasteiger charge is -2.10. The molecule has 0 radical (unpaired) electrons. The first-order chi connectivity index (χ1) is 13.6. The van der Waals surface area contributed by atoms with Gasteiger partial charge in [-0.15, -0.1) is 0 Å². The van der Waals surface area contributed by atoms with E-state index in [1.807, 2.05) is 0 Å². The second-order valence-corrected chi connectivity index (χ2v) is 6.15. The molecule has 3 aromatic rings. The highest BCUT2D eigenvalue weighted by Gasteiger charge is 2.16. The van der Waals surface area contributed by atoms with Crippen LogP contribution in [0.15, 0.2) is 48.5 Å². The van der Waals surface area contributed by atoms with Gasteiger partial charge < -0.3 is 20.1 Å². The Morgan fingerprint density at radius 3 is 2.79 bits per heavy atom. The zero-order valence-corrected chi connectivity index (χ0v) is 15.0. The summed E-state index contributed by atoms with van der Waals surface area (Å²) in [7, 11) is 0. The number of aromatic nitrogens is 2. The number of fused-ring (bicyclic) bond motifs is 1. The molecule has 1 aliphatic rings. The van der Waals surface area contributed by atoms with Crippen molar-refractivity contribution in [3.63, 3.8) is 0 Å². The van der Waals surface area contributed by atoms with Crippen LogP contribution in [0.2, 0.25) is 0 Å². The molecule has 0 aliphatic carbocycles. The lowest BCUT2D eigenvalue weighted by Crippen LogP contribution is -2.16. The number of nitrogens with zero attached hydrogens (tertiary/aromatic N) is 2. The number of carbonyl (C=O) groups is 1. The van der Waals surface area contributed by atoms with Crippen LogP contribution in [0.1, 0.15) is 21.9 Å². The van der Waals surface area contributed by atoms with E-state index in [0.29, 0.717) is 34.4 Å². The maximum Gasteiger partial charge on any atom is 0.274 e. The average Bonchev–Trinajstić information content (AvgIpc) is 3.15. The quantitative estimate of drug-likeness (QED) is 0.705. The van der Waals surface area contributed by atoms with Gasteiger partial charge in [-0.2, -0.15) is 0 Å². The number of benzene rings is 2. The molecule has 0 fully saturated rings. The highest BCUT2D eigenvalue weighted by molar-refractivity contribution is 6.03. The van der Waals surface area contributed by atoms with Crippen LogP contribution in [0.25, 0.3) is 0 Å². The Kier molecular flexibility index (Phi) is 4.76. The SMILES string of the molecule is Cc1nc(NCc2ccccc2F)cc(C(=O)Nc2ccc3c(c2)OCO3)n1. The van der Waals surface area contributed by atoms with Gasteiger partial charge in [-0.25, -0.2) is 14.4 Å². The molecule has 2 N–H and O–H groups in total. The van der Waals surface area contributed by atoms with Gasteiger partial charge in [-0.05, 0) is 25.1 Å². The number of hydrogen-bond donors (Lipinski definition) is 2. The summed E-state index contributed by atoms with van der Waals surface area (Å²) in [6.45, 7) is 2.09. The summed E-state index contributed by atoms with van der Waals surface area (Å²) < 4.78 is 24.3. The highest BCUT2D eigenvalue weighted by atomic mass is 19.1. The van der Waals surface area contributed by atoms with Gasteiger partial charge in [0.15, 0.2) is 11.5 Å². The second-order valence-electron chi connectivity index (χ2n) is 6.15. The Hall–Kier alpha value is -3.68. The van der Waals surface area contributed by atoms with Gasteiger partial charge in [0.2, 0.25) is 6.79 Å². The molecular weight excluding hydrogens is 363 g/mol. The summed E-state index contributed by atoms with van der Waals surface area (Å²) in [5.41, 5.74) is 1.26. The first kappa shape index (κ1) is 17.7. The minimum absolute atomic E-state index is 0.162. The first-order valence-corrected chi connectivity index (χ1v) is 8.62. The molecule has 0 atom stereocenters. The standard InChI is InChI=1S/C20H17FN4O3/c1-12-23-16(9-19(24-12)22-10-13-4-2-3-5-15(13)21)20(26)25-14-6-7-17-18(8-14)28-11-27-17/h2-9H,10-11H2,1H3,(H,25,26)(H,22,23,24). The van der Waals surface area contributed by atoms with Crippen LogP contribution in [0.3, 0.4) is 0 Å². The third-order valence-electron chi connectivity index (χ3n) is 4.12. The van der Waals surface area contributed by atoms with Crippen molar-refractivity contribution >= 4 is 17.4 Å². The number of amides is 1. The molecule has 1 amide bonds. The predicted octanol–water partition coefficient (Wildman–Crippen LogP) is 3.52. The Bertz CT molecular complexity index is 1040. The molecule has 1 aliphatic heterocycles. The molecule has 0 bridgehead atoms. The maximum atomic E-state index is 13.8. The molecule has 4 rings (SSSR count). The van der Waals surface area contributed by atoms with Crippen LogP contribution in [0.4, 0.5) is 15.9 Å². The van der Waals surface area contributed by atoms with E-state index in [-0.39, 0.29) is 24.8 Å². The van der Waals surface area contributed by atoms with Crippen LogP contribution in [-0.4, -0.2) is 22.7 Å². The zero-order chi connectivity index (χ0) is 19.5. The van der Waals surface area contributed by atoms with E-state index in [1.54, 1.807) is 43.3 Å². The second kappa shape index (κ2) is 7.51. The van der Waals surface area contributed by atoms with Crippen LogP contribution >= 0.6 is 0 Å². The van der Waals surface area contributed by atoms with E-state index < -0.39 is 5.91 Å². The molecule has 0 unspecified atom stereocenters. The van der Waals surface area contributed by atoms with E-state index in [9.17, 15) is 9.18 Å². The predicted molar refractivity (Wildman–Crippen MR) is 101 cm³/mol. The van der Waals surface area contributed by atoms with Crippen LogP contribution < -0.4 is 20.1 Å². The number of anilines is 2. The van der Waals surface area contributed by atoms with Crippen molar-refractivity contribution in [2.24, 2.45) is 0 Å². The zero-order valence-electron chi connectivity index (χ0n) is 15.0. The normalized spacial score (nSPS) is 11.9. The smallest absolute Gasteiger partial charge is 0.274 e. The summed E-state index contributed by atoms with van der Waals surface area (Å²) >= 11 is 0. The molecule has 0 saturated carbocycles. The topological polar surface area (TPSA) is 85.4 Å². The van der Waals surface area contributed by atoms with Crippen molar-refractivity contribution in [2.45, 2.75) is 13.5 Å². The van der Waals surface area contributed by atoms with Crippen molar-refractivity contribution in [3.8, 4) is 11.5 Å². The first-order valence-electron chi connectivity index (χ1n) is 8.62. The fraction of sp³-hybridized carbons (Fsp3) is 0.150. The summed E-state index contributed by atoms with van der Waals surface area (Å²) in [6, 6.07) is 13.1. The van der Waals surface area contributed by atoms with Crippen LogP contribution in [0.5, 0.6) is 11.5 Å². The molecule has 0 saturated heterocycles.